The topological polar surface area (TPSA) is 72.5 Å². The summed E-state index contributed by atoms with van der Waals surface area (Å²) in [5, 5.41) is 10.2. The van der Waals surface area contributed by atoms with Crippen molar-refractivity contribution in [3.63, 3.8) is 0 Å². The second kappa shape index (κ2) is 6.07. The number of pyridine rings is 1. The largest absolute Gasteiger partial charge is 0.417 e. The highest BCUT2D eigenvalue weighted by Crippen LogP contribution is 2.32. The van der Waals surface area contributed by atoms with Gasteiger partial charge >= 0.3 is 6.18 Å². The summed E-state index contributed by atoms with van der Waals surface area (Å²) in [4.78, 5) is 8.91. The maximum absolute atomic E-state index is 12.5. The summed E-state index contributed by atoms with van der Waals surface area (Å²) in [6.07, 6.45) is -2.10. The van der Waals surface area contributed by atoms with Gasteiger partial charge in [-0.25, -0.2) is 4.98 Å². The molecule has 0 aromatic carbocycles. The van der Waals surface area contributed by atoms with Gasteiger partial charge < -0.3 is 14.7 Å². The van der Waals surface area contributed by atoms with Gasteiger partial charge in [-0.2, -0.15) is 13.2 Å². The Morgan fingerprint density at radius 2 is 2.22 bits per heavy atom. The van der Waals surface area contributed by atoms with E-state index in [0.29, 0.717) is 17.9 Å². The SMILES string of the molecule is FC(F)(F)c1cnc(NCC2CC(c3ccno3)=NO2)c(Cl)c1. The number of rotatable bonds is 4. The zero-order chi connectivity index (χ0) is 16.4. The van der Waals surface area contributed by atoms with Crippen molar-refractivity contribution in [3.05, 3.63) is 40.9 Å². The summed E-state index contributed by atoms with van der Waals surface area (Å²) in [7, 11) is 0. The van der Waals surface area contributed by atoms with Crippen molar-refractivity contribution in [1.29, 1.82) is 0 Å². The van der Waals surface area contributed by atoms with E-state index in [1.54, 1.807) is 6.07 Å². The molecule has 1 atom stereocenters. The summed E-state index contributed by atoms with van der Waals surface area (Å²) < 4.78 is 42.6. The molecule has 0 aliphatic carbocycles. The van der Waals surface area contributed by atoms with Crippen LogP contribution >= 0.6 is 11.6 Å². The van der Waals surface area contributed by atoms with Crippen LogP contribution in [0.1, 0.15) is 17.7 Å². The van der Waals surface area contributed by atoms with Gasteiger partial charge in [-0.15, -0.1) is 0 Å². The smallest absolute Gasteiger partial charge is 0.390 e. The molecule has 3 heterocycles. The van der Waals surface area contributed by atoms with E-state index in [2.05, 4.69) is 20.6 Å². The first-order valence-electron chi connectivity index (χ1n) is 6.54. The monoisotopic (exact) mass is 346 g/mol. The van der Waals surface area contributed by atoms with Crippen LogP contribution in [0.5, 0.6) is 0 Å². The van der Waals surface area contributed by atoms with Gasteiger partial charge in [0.1, 0.15) is 11.5 Å². The number of nitrogens with zero attached hydrogens (tertiary/aromatic N) is 3. The van der Waals surface area contributed by atoms with Crippen molar-refractivity contribution in [3.8, 4) is 0 Å². The van der Waals surface area contributed by atoms with Gasteiger partial charge in [-0.05, 0) is 6.07 Å². The number of nitrogens with one attached hydrogen (secondary N) is 1. The van der Waals surface area contributed by atoms with Gasteiger partial charge in [-0.3, -0.25) is 0 Å². The summed E-state index contributed by atoms with van der Waals surface area (Å²) in [6, 6.07) is 2.48. The quantitative estimate of drug-likeness (QED) is 0.919. The highest BCUT2D eigenvalue weighted by molar-refractivity contribution is 6.32. The predicted octanol–water partition coefficient (Wildman–Crippen LogP) is 3.35. The highest BCUT2D eigenvalue weighted by atomic mass is 35.5. The number of hydrogen-bond donors (Lipinski definition) is 1. The van der Waals surface area contributed by atoms with Gasteiger partial charge in [0.25, 0.3) is 0 Å². The summed E-state index contributed by atoms with van der Waals surface area (Å²) in [5.74, 6) is 0.662. The lowest BCUT2D eigenvalue weighted by Gasteiger charge is -2.13. The van der Waals surface area contributed by atoms with Gasteiger partial charge in [0.15, 0.2) is 11.9 Å². The fourth-order valence-corrected chi connectivity index (χ4v) is 2.21. The Morgan fingerprint density at radius 1 is 1.39 bits per heavy atom. The van der Waals surface area contributed by atoms with Crippen LogP contribution in [0.3, 0.4) is 0 Å². The maximum Gasteiger partial charge on any atom is 0.417 e. The predicted molar refractivity (Wildman–Crippen MR) is 75.3 cm³/mol. The second-order valence-corrected chi connectivity index (χ2v) is 5.19. The highest BCUT2D eigenvalue weighted by Gasteiger charge is 2.31. The molecule has 1 unspecified atom stereocenters. The van der Waals surface area contributed by atoms with Crippen molar-refractivity contribution in [2.45, 2.75) is 18.7 Å². The Bertz CT molecular complexity index is 719. The van der Waals surface area contributed by atoms with Crippen LogP contribution in [0.2, 0.25) is 5.02 Å². The Hall–Kier alpha value is -2.29. The Morgan fingerprint density at radius 3 is 2.87 bits per heavy atom. The minimum atomic E-state index is -4.48. The van der Waals surface area contributed by atoms with Crippen molar-refractivity contribution in [1.82, 2.24) is 10.1 Å². The normalized spacial score (nSPS) is 17.7. The van der Waals surface area contributed by atoms with Crippen LogP contribution in [0.4, 0.5) is 19.0 Å². The molecule has 10 heteroatoms. The van der Waals surface area contributed by atoms with Gasteiger partial charge in [0.2, 0.25) is 0 Å². The number of hydrogen-bond acceptors (Lipinski definition) is 6. The van der Waals surface area contributed by atoms with Crippen molar-refractivity contribution < 1.29 is 22.5 Å². The van der Waals surface area contributed by atoms with Crippen LogP contribution in [-0.4, -0.2) is 28.5 Å². The maximum atomic E-state index is 12.5. The van der Waals surface area contributed by atoms with Crippen LogP contribution < -0.4 is 5.32 Å². The number of aromatic nitrogens is 2. The first kappa shape index (κ1) is 15.6. The fourth-order valence-electron chi connectivity index (χ4n) is 1.98. The molecule has 2 aromatic heterocycles. The zero-order valence-corrected chi connectivity index (χ0v) is 12.2. The Balaban J connectivity index is 1.58. The molecular weight excluding hydrogens is 337 g/mol. The molecule has 0 saturated heterocycles. The second-order valence-electron chi connectivity index (χ2n) is 4.78. The first-order valence-corrected chi connectivity index (χ1v) is 6.91. The molecule has 23 heavy (non-hydrogen) atoms. The molecule has 6 nitrogen and oxygen atoms in total. The van der Waals surface area contributed by atoms with Crippen LogP contribution in [0.25, 0.3) is 0 Å². The van der Waals surface area contributed by atoms with E-state index in [9.17, 15) is 13.2 Å². The molecular formula is C13H10ClF3N4O2. The summed E-state index contributed by atoms with van der Waals surface area (Å²) in [5.41, 5.74) is -0.290. The Kier molecular flexibility index (Phi) is 4.12. The van der Waals surface area contributed by atoms with Gasteiger partial charge in [0, 0.05) is 18.7 Å². The fraction of sp³-hybridized carbons (Fsp3) is 0.308. The average Bonchev–Trinajstić information content (AvgIpc) is 3.16. The molecule has 0 amide bonds. The number of halogens is 4. The van der Waals surface area contributed by atoms with Gasteiger partial charge in [-0.1, -0.05) is 21.9 Å². The van der Waals surface area contributed by atoms with E-state index in [0.717, 1.165) is 12.3 Å². The number of anilines is 1. The Labute approximate surface area is 133 Å². The van der Waals surface area contributed by atoms with E-state index in [1.807, 2.05) is 0 Å². The van der Waals surface area contributed by atoms with Crippen LogP contribution in [0, 0.1) is 0 Å². The molecule has 1 aliphatic rings. The minimum Gasteiger partial charge on any atom is -0.390 e. The molecule has 3 rings (SSSR count). The van der Waals surface area contributed by atoms with Crippen LogP contribution in [-0.2, 0) is 11.0 Å². The first-order chi connectivity index (χ1) is 10.9. The number of alkyl halides is 3. The minimum absolute atomic E-state index is 0.116. The average molecular weight is 347 g/mol. The van der Waals surface area contributed by atoms with Crippen molar-refractivity contribution >= 4 is 23.1 Å². The third-order valence-electron chi connectivity index (χ3n) is 3.12. The van der Waals surface area contributed by atoms with E-state index >= 15 is 0 Å². The lowest BCUT2D eigenvalue weighted by Crippen LogP contribution is -2.21. The van der Waals surface area contributed by atoms with E-state index in [4.69, 9.17) is 21.0 Å². The van der Waals surface area contributed by atoms with Gasteiger partial charge in [0.05, 0.1) is 23.3 Å². The third-order valence-corrected chi connectivity index (χ3v) is 3.41. The lowest BCUT2D eigenvalue weighted by molar-refractivity contribution is -0.137. The molecule has 122 valence electrons. The van der Waals surface area contributed by atoms with Crippen molar-refractivity contribution in [2.75, 3.05) is 11.9 Å². The zero-order valence-electron chi connectivity index (χ0n) is 11.5. The standard InChI is InChI=1S/C13H10ClF3N4O2/c14-9-3-7(13(15,16)17)5-18-12(9)19-6-8-4-10(21-22-8)11-1-2-20-23-11/h1-3,5,8H,4,6H2,(H,18,19). The molecule has 0 bridgehead atoms. The molecule has 1 aliphatic heterocycles. The molecule has 0 fully saturated rings. The molecule has 1 N–H and O–H groups in total. The number of oxime groups is 1. The van der Waals surface area contributed by atoms with Crippen LogP contribution in [0.15, 0.2) is 34.2 Å². The third kappa shape index (κ3) is 3.55. The van der Waals surface area contributed by atoms with Crippen molar-refractivity contribution in [2.24, 2.45) is 5.16 Å². The molecule has 0 spiro atoms. The summed E-state index contributed by atoms with van der Waals surface area (Å²) >= 11 is 5.81. The molecule has 2 aromatic rings. The summed E-state index contributed by atoms with van der Waals surface area (Å²) in [6.45, 7) is 0.277. The molecule has 0 saturated carbocycles. The van der Waals surface area contributed by atoms with E-state index in [-0.39, 0.29) is 23.5 Å². The van der Waals surface area contributed by atoms with E-state index < -0.39 is 11.7 Å². The lowest BCUT2D eigenvalue weighted by atomic mass is 10.1. The van der Waals surface area contributed by atoms with E-state index in [1.165, 1.54) is 6.20 Å². The molecule has 0 radical (unpaired) electrons.